The highest BCUT2D eigenvalue weighted by Crippen LogP contribution is 2.62. The molecule has 1 aromatic carbocycles. The van der Waals surface area contributed by atoms with Crippen molar-refractivity contribution in [2.75, 3.05) is 4.90 Å². The first-order valence-corrected chi connectivity index (χ1v) is 10.5. The van der Waals surface area contributed by atoms with Gasteiger partial charge in [-0.15, -0.1) is 0 Å². The van der Waals surface area contributed by atoms with Crippen molar-refractivity contribution in [3.8, 4) is 0 Å². The normalized spacial score (nSPS) is 32.1. The molecule has 2 saturated heterocycles. The van der Waals surface area contributed by atoms with Gasteiger partial charge in [0.2, 0.25) is 29.5 Å². The smallest absolute Gasteiger partial charge is 0.248 e. The molecule has 5 rings (SSSR count). The van der Waals surface area contributed by atoms with Gasteiger partial charge in [0.1, 0.15) is 10.8 Å². The molecule has 4 atom stereocenters. The van der Waals surface area contributed by atoms with Crippen LogP contribution in [-0.4, -0.2) is 29.5 Å². The standard InChI is InChI=1S/C25H21N3O5/c1-13-6-5-8-18(14(13)2)28-21(31)17-12-15(19(26)29)9-11-25(17,23(28)33)24-10-4-3-7-16(24)20(30)27-22(24)32/h3-12,16-17H,1-2H3,(H2,26,29)(H,27,30,32). The van der Waals surface area contributed by atoms with Crippen LogP contribution in [0, 0.1) is 36.5 Å². The summed E-state index contributed by atoms with van der Waals surface area (Å²) in [6.45, 7) is 3.67. The maximum atomic E-state index is 14.3. The summed E-state index contributed by atoms with van der Waals surface area (Å²) in [6.07, 6.45) is 10.4. The summed E-state index contributed by atoms with van der Waals surface area (Å²) < 4.78 is 0. The number of nitrogens with zero attached hydrogens (tertiary/aromatic N) is 1. The van der Waals surface area contributed by atoms with Crippen LogP contribution in [0.1, 0.15) is 11.1 Å². The summed E-state index contributed by atoms with van der Waals surface area (Å²) in [6, 6.07) is 5.27. The van der Waals surface area contributed by atoms with Crippen LogP contribution in [0.15, 0.2) is 66.3 Å². The Labute approximate surface area is 189 Å². The minimum atomic E-state index is -1.75. The largest absolute Gasteiger partial charge is 0.366 e. The number of imide groups is 2. The molecule has 0 aromatic heterocycles. The quantitative estimate of drug-likeness (QED) is 0.678. The van der Waals surface area contributed by atoms with E-state index in [1.165, 1.54) is 24.3 Å². The lowest BCUT2D eigenvalue weighted by atomic mass is 9.51. The third-order valence-corrected chi connectivity index (χ3v) is 7.35. The van der Waals surface area contributed by atoms with Gasteiger partial charge in [-0.1, -0.05) is 54.7 Å². The minimum Gasteiger partial charge on any atom is -0.366 e. The van der Waals surface area contributed by atoms with Gasteiger partial charge in [0.15, 0.2) is 0 Å². The lowest BCUT2D eigenvalue weighted by Crippen LogP contribution is -2.56. The molecule has 1 aromatic rings. The third kappa shape index (κ3) is 2.37. The first-order chi connectivity index (χ1) is 15.7. The predicted octanol–water partition coefficient (Wildman–Crippen LogP) is 1.15. The van der Waals surface area contributed by atoms with Crippen molar-refractivity contribution in [1.29, 1.82) is 0 Å². The van der Waals surface area contributed by atoms with Crippen molar-refractivity contribution < 1.29 is 24.0 Å². The average Bonchev–Trinajstić information content (AvgIpc) is 3.19. The molecule has 4 aliphatic rings. The van der Waals surface area contributed by atoms with Gasteiger partial charge in [-0.05, 0) is 31.0 Å². The van der Waals surface area contributed by atoms with Gasteiger partial charge >= 0.3 is 0 Å². The Bertz CT molecular complexity index is 1300. The number of carbonyl (C=O) groups is 5. The zero-order valence-electron chi connectivity index (χ0n) is 18.0. The zero-order chi connectivity index (χ0) is 23.7. The van der Waals surface area contributed by atoms with Crippen molar-refractivity contribution >= 4 is 35.2 Å². The van der Waals surface area contributed by atoms with Gasteiger partial charge in [-0.25, -0.2) is 4.90 Å². The van der Waals surface area contributed by atoms with Gasteiger partial charge in [-0.3, -0.25) is 29.3 Å². The number of nitrogens with two attached hydrogens (primary N) is 1. The molecule has 2 fully saturated rings. The molecule has 5 amide bonds. The number of rotatable bonds is 3. The summed E-state index contributed by atoms with van der Waals surface area (Å²) >= 11 is 0. The first-order valence-electron chi connectivity index (χ1n) is 10.5. The highest BCUT2D eigenvalue weighted by molar-refractivity contribution is 6.29. The average molecular weight is 443 g/mol. The zero-order valence-corrected chi connectivity index (χ0v) is 18.0. The summed E-state index contributed by atoms with van der Waals surface area (Å²) in [7, 11) is 0. The van der Waals surface area contributed by atoms with Crippen molar-refractivity contribution in [2.24, 2.45) is 28.4 Å². The molecule has 4 unspecified atom stereocenters. The Hall–Kier alpha value is -4.07. The van der Waals surface area contributed by atoms with Crippen LogP contribution in [-0.2, 0) is 24.0 Å². The fourth-order valence-electron chi connectivity index (χ4n) is 5.55. The van der Waals surface area contributed by atoms with Gasteiger partial charge < -0.3 is 5.73 Å². The van der Waals surface area contributed by atoms with E-state index >= 15 is 0 Å². The van der Waals surface area contributed by atoms with E-state index in [0.29, 0.717) is 5.69 Å². The predicted molar refractivity (Wildman–Crippen MR) is 118 cm³/mol. The summed E-state index contributed by atoms with van der Waals surface area (Å²) in [5, 5.41) is 2.34. The number of allylic oxidation sites excluding steroid dienone is 2. The molecule has 8 heteroatoms. The fraction of sp³-hybridized carbons (Fsp3) is 0.240. The minimum absolute atomic E-state index is 0.0626. The number of benzene rings is 1. The lowest BCUT2D eigenvalue weighted by molar-refractivity contribution is -0.142. The fourth-order valence-corrected chi connectivity index (χ4v) is 5.55. The second-order valence-corrected chi connectivity index (χ2v) is 8.77. The molecule has 0 saturated carbocycles. The van der Waals surface area contributed by atoms with E-state index in [1.54, 1.807) is 37.3 Å². The highest BCUT2D eigenvalue weighted by atomic mass is 16.2. The molecule has 166 valence electrons. The number of hydrogen-bond acceptors (Lipinski definition) is 5. The van der Waals surface area contributed by atoms with Gasteiger partial charge in [-0.2, -0.15) is 0 Å². The van der Waals surface area contributed by atoms with Crippen molar-refractivity contribution in [1.82, 2.24) is 5.32 Å². The van der Waals surface area contributed by atoms with Crippen molar-refractivity contribution in [2.45, 2.75) is 13.8 Å². The molecule has 0 radical (unpaired) electrons. The van der Waals surface area contributed by atoms with Crippen LogP contribution in [0.5, 0.6) is 0 Å². The monoisotopic (exact) mass is 443 g/mol. The lowest BCUT2D eigenvalue weighted by Gasteiger charge is -2.45. The number of hydrogen-bond donors (Lipinski definition) is 2. The van der Waals surface area contributed by atoms with Crippen LogP contribution >= 0.6 is 0 Å². The summed E-state index contributed by atoms with van der Waals surface area (Å²) in [5.41, 5.74) is 4.13. The van der Waals surface area contributed by atoms with Crippen LogP contribution in [0.2, 0.25) is 0 Å². The third-order valence-electron chi connectivity index (χ3n) is 7.35. The Morgan fingerprint density at radius 1 is 1.03 bits per heavy atom. The van der Waals surface area contributed by atoms with E-state index in [2.05, 4.69) is 5.32 Å². The first kappa shape index (κ1) is 20.8. The molecule has 2 heterocycles. The molecule has 3 N–H and O–H groups in total. The molecular weight excluding hydrogens is 422 g/mol. The number of amides is 5. The van der Waals surface area contributed by atoms with E-state index in [-0.39, 0.29) is 5.57 Å². The number of carbonyl (C=O) groups excluding carboxylic acids is 5. The van der Waals surface area contributed by atoms with Gasteiger partial charge in [0.05, 0.1) is 17.5 Å². The van der Waals surface area contributed by atoms with E-state index < -0.39 is 52.2 Å². The van der Waals surface area contributed by atoms with E-state index in [0.717, 1.165) is 16.0 Å². The Balaban J connectivity index is 1.81. The van der Waals surface area contributed by atoms with E-state index in [4.69, 9.17) is 5.73 Å². The van der Waals surface area contributed by atoms with Crippen molar-refractivity contribution in [3.05, 3.63) is 77.4 Å². The second-order valence-electron chi connectivity index (χ2n) is 8.77. The number of aryl methyl sites for hydroxylation is 1. The molecule has 33 heavy (non-hydrogen) atoms. The second kappa shape index (κ2) is 6.71. The van der Waals surface area contributed by atoms with Crippen LogP contribution in [0.25, 0.3) is 0 Å². The SMILES string of the molecule is Cc1cccc(N2C(=O)C3C=C(C(N)=O)C=CC3(C34C=CC=CC3C(=O)NC4=O)C2=O)c1C. The highest BCUT2D eigenvalue weighted by Gasteiger charge is 2.75. The van der Waals surface area contributed by atoms with Crippen LogP contribution < -0.4 is 16.0 Å². The Morgan fingerprint density at radius 2 is 1.79 bits per heavy atom. The van der Waals surface area contributed by atoms with Gasteiger partial charge in [0.25, 0.3) is 0 Å². The molecule has 2 aliphatic heterocycles. The molecule has 0 bridgehead atoms. The van der Waals surface area contributed by atoms with E-state index in [9.17, 15) is 24.0 Å². The summed E-state index contributed by atoms with van der Waals surface area (Å²) in [5.74, 6) is -5.36. The number of anilines is 1. The number of fused-ring (bicyclic) bond motifs is 3. The topological polar surface area (TPSA) is 127 Å². The molecule has 2 aliphatic carbocycles. The van der Waals surface area contributed by atoms with Crippen molar-refractivity contribution in [3.63, 3.8) is 0 Å². The summed E-state index contributed by atoms with van der Waals surface area (Å²) in [4.78, 5) is 67.2. The number of primary amides is 1. The molecule has 0 spiro atoms. The molecular formula is C25H21N3O5. The maximum Gasteiger partial charge on any atom is 0.248 e. The van der Waals surface area contributed by atoms with Crippen LogP contribution in [0.4, 0.5) is 5.69 Å². The van der Waals surface area contributed by atoms with E-state index in [1.807, 2.05) is 13.0 Å². The van der Waals surface area contributed by atoms with Gasteiger partial charge in [0, 0.05) is 5.57 Å². The number of nitrogens with one attached hydrogen (secondary N) is 1. The Kier molecular flexibility index (Phi) is 4.23. The van der Waals surface area contributed by atoms with Crippen LogP contribution in [0.3, 0.4) is 0 Å². The Morgan fingerprint density at radius 3 is 2.52 bits per heavy atom. The molecule has 8 nitrogen and oxygen atoms in total. The maximum absolute atomic E-state index is 14.3.